The molecule has 5 unspecified atom stereocenters. The fourth-order valence-electron chi connectivity index (χ4n) is 2.16. The van der Waals surface area contributed by atoms with Gasteiger partial charge in [0.25, 0.3) is 11.6 Å². The van der Waals surface area contributed by atoms with Gasteiger partial charge in [-0.15, -0.1) is 0 Å². The summed E-state index contributed by atoms with van der Waals surface area (Å²) in [6.45, 7) is 0. The second kappa shape index (κ2) is 5.92. The lowest BCUT2D eigenvalue weighted by molar-refractivity contribution is -0.295. The predicted molar refractivity (Wildman–Crippen MR) is 55.8 cm³/mol. The average molecular weight is 366 g/mol. The molecule has 3 nitrogen and oxygen atoms in total. The summed E-state index contributed by atoms with van der Waals surface area (Å²) in [5.41, 5.74) is 3.79. The molecule has 138 valence electrons. The molecule has 1 aliphatic heterocycles. The van der Waals surface area contributed by atoms with Gasteiger partial charge in [0.15, 0.2) is 12.3 Å². The molecule has 0 aromatic carbocycles. The van der Waals surface area contributed by atoms with Gasteiger partial charge in [0.05, 0.1) is 0 Å². The first-order valence-electron chi connectivity index (χ1n) is 6.07. The second-order valence-corrected chi connectivity index (χ2v) is 5.05. The van der Waals surface area contributed by atoms with Crippen molar-refractivity contribution in [1.29, 1.82) is 0 Å². The molecule has 23 heavy (non-hydrogen) atoms. The summed E-state index contributed by atoms with van der Waals surface area (Å²) >= 11 is 0. The van der Waals surface area contributed by atoms with Gasteiger partial charge in [0.2, 0.25) is 0 Å². The molecule has 1 rings (SSSR count). The third-order valence-corrected chi connectivity index (χ3v) is 3.52. The highest BCUT2D eigenvalue weighted by Crippen LogP contribution is 2.48. The van der Waals surface area contributed by atoms with Crippen molar-refractivity contribution in [2.24, 2.45) is 11.5 Å². The summed E-state index contributed by atoms with van der Waals surface area (Å²) in [4.78, 5) is 0. The average Bonchev–Trinajstić information content (AvgIpc) is 2.84. The minimum Gasteiger partial charge on any atom is -0.365 e. The van der Waals surface area contributed by atoms with E-state index in [0.717, 1.165) is 0 Å². The first kappa shape index (κ1) is 20.2. The monoisotopic (exact) mass is 366 g/mol. The molecule has 0 aliphatic carbocycles. The van der Waals surface area contributed by atoms with Gasteiger partial charge < -0.3 is 10.5 Å². The smallest absolute Gasteiger partial charge is 0.365 e. The molecule has 5 atom stereocenters. The maximum atomic E-state index is 13.9. The number of hydrogen-bond donors (Lipinski definition) is 2. The van der Waals surface area contributed by atoms with E-state index in [2.05, 4.69) is 16.2 Å². The molecular formula is C10H12F10N2O. The van der Waals surface area contributed by atoms with Gasteiger partial charge in [-0.1, -0.05) is 0 Å². The van der Waals surface area contributed by atoms with E-state index >= 15 is 0 Å². The lowest BCUT2D eigenvalue weighted by Gasteiger charge is -2.35. The van der Waals surface area contributed by atoms with Crippen LogP contribution in [0, 0.1) is 0 Å². The third kappa shape index (κ3) is 3.50. The standard InChI is InChI=1S/C10H12F10N2O/c11-6(22)7(12,10(18,19)20)3-1-2-4(23-3)8(13,14)5(21)9(15,16)17/h3-6H,1-2,21-22H2. The van der Waals surface area contributed by atoms with Crippen molar-refractivity contribution < 1.29 is 48.6 Å². The molecule has 0 aromatic rings. The number of ether oxygens (including phenoxy) is 1. The summed E-state index contributed by atoms with van der Waals surface area (Å²) < 4.78 is 133. The molecule has 0 bridgehead atoms. The van der Waals surface area contributed by atoms with Crippen LogP contribution < -0.4 is 11.5 Å². The number of rotatable bonds is 4. The van der Waals surface area contributed by atoms with Crippen molar-refractivity contribution in [2.75, 3.05) is 0 Å². The summed E-state index contributed by atoms with van der Waals surface area (Å²) in [6, 6.07) is -3.74. The minimum absolute atomic E-state index is 1.09. The summed E-state index contributed by atoms with van der Waals surface area (Å²) in [6.07, 6.45) is -22.9. The van der Waals surface area contributed by atoms with Gasteiger partial charge in [-0.05, 0) is 12.8 Å². The van der Waals surface area contributed by atoms with Gasteiger partial charge in [-0.25, -0.2) is 17.6 Å². The van der Waals surface area contributed by atoms with E-state index in [1.54, 1.807) is 0 Å². The highest BCUT2D eigenvalue weighted by atomic mass is 19.4. The van der Waals surface area contributed by atoms with Gasteiger partial charge in [-0.3, -0.25) is 5.73 Å². The van der Waals surface area contributed by atoms with Crippen molar-refractivity contribution >= 4 is 0 Å². The van der Waals surface area contributed by atoms with Crippen molar-refractivity contribution in [3.05, 3.63) is 0 Å². The van der Waals surface area contributed by atoms with Gasteiger partial charge in [-0.2, -0.15) is 26.3 Å². The highest BCUT2D eigenvalue weighted by molar-refractivity contribution is 5.04. The van der Waals surface area contributed by atoms with Crippen molar-refractivity contribution in [2.45, 2.75) is 61.3 Å². The Morgan fingerprint density at radius 2 is 1.26 bits per heavy atom. The van der Waals surface area contributed by atoms with Crippen molar-refractivity contribution in [3.8, 4) is 0 Å². The van der Waals surface area contributed by atoms with E-state index < -0.39 is 61.3 Å². The third-order valence-electron chi connectivity index (χ3n) is 3.52. The summed E-state index contributed by atoms with van der Waals surface area (Å²) in [5.74, 6) is -4.83. The highest BCUT2D eigenvalue weighted by Gasteiger charge is 2.69. The summed E-state index contributed by atoms with van der Waals surface area (Å²) in [7, 11) is 0. The lowest BCUT2D eigenvalue weighted by Crippen LogP contribution is -2.61. The fourth-order valence-corrected chi connectivity index (χ4v) is 2.16. The van der Waals surface area contributed by atoms with Crippen molar-refractivity contribution in [1.82, 2.24) is 0 Å². The van der Waals surface area contributed by atoms with E-state index in [4.69, 9.17) is 0 Å². The molecule has 13 heteroatoms. The van der Waals surface area contributed by atoms with Gasteiger partial charge >= 0.3 is 12.4 Å². The Kier molecular flexibility index (Phi) is 5.20. The maximum Gasteiger partial charge on any atom is 0.429 e. The van der Waals surface area contributed by atoms with Crippen LogP contribution in [0.3, 0.4) is 0 Å². The number of nitrogens with two attached hydrogens (primary N) is 2. The van der Waals surface area contributed by atoms with Gasteiger partial charge in [0, 0.05) is 0 Å². The van der Waals surface area contributed by atoms with E-state index in [1.165, 1.54) is 0 Å². The van der Waals surface area contributed by atoms with Crippen LogP contribution in [0.1, 0.15) is 12.8 Å². The molecule has 0 radical (unpaired) electrons. The summed E-state index contributed by atoms with van der Waals surface area (Å²) in [5, 5.41) is 0. The van der Waals surface area contributed by atoms with Crippen LogP contribution in [0.2, 0.25) is 0 Å². The first-order valence-corrected chi connectivity index (χ1v) is 6.07. The molecule has 1 aliphatic rings. The zero-order valence-corrected chi connectivity index (χ0v) is 11.1. The number of halogens is 10. The Morgan fingerprint density at radius 3 is 1.61 bits per heavy atom. The van der Waals surface area contributed by atoms with Crippen LogP contribution in [0.15, 0.2) is 0 Å². The van der Waals surface area contributed by atoms with Crippen LogP contribution in [-0.4, -0.2) is 48.5 Å². The molecule has 0 aromatic heterocycles. The maximum absolute atomic E-state index is 13.9. The number of hydrogen-bond acceptors (Lipinski definition) is 3. The first-order chi connectivity index (χ1) is 10.1. The molecule has 0 amide bonds. The topological polar surface area (TPSA) is 61.3 Å². The quantitative estimate of drug-likeness (QED) is 0.594. The van der Waals surface area contributed by atoms with Gasteiger partial charge in [0.1, 0.15) is 12.2 Å². The van der Waals surface area contributed by atoms with Crippen LogP contribution >= 0.6 is 0 Å². The zero-order chi connectivity index (χ0) is 18.4. The Bertz CT molecular complexity index is 423. The molecule has 4 N–H and O–H groups in total. The van der Waals surface area contributed by atoms with E-state index in [9.17, 15) is 43.9 Å². The van der Waals surface area contributed by atoms with Crippen LogP contribution in [-0.2, 0) is 4.74 Å². The lowest BCUT2D eigenvalue weighted by atomic mass is 9.94. The van der Waals surface area contributed by atoms with E-state index in [1.807, 2.05) is 0 Å². The minimum atomic E-state index is -5.91. The number of alkyl halides is 10. The van der Waals surface area contributed by atoms with Crippen LogP contribution in [0.25, 0.3) is 0 Å². The normalized spacial score (nSPS) is 29.2. The van der Waals surface area contributed by atoms with E-state index in [0.29, 0.717) is 0 Å². The predicted octanol–water partition coefficient (Wildman–Crippen LogP) is 2.58. The second-order valence-electron chi connectivity index (χ2n) is 5.05. The Balaban J connectivity index is 3.02. The van der Waals surface area contributed by atoms with Crippen LogP contribution in [0.5, 0.6) is 0 Å². The fraction of sp³-hybridized carbons (Fsp3) is 1.00. The SMILES string of the molecule is NC(C(F)(F)F)C(F)(F)C1CCC(C(F)(C(N)F)C(F)(F)F)O1. The molecule has 1 heterocycles. The Labute approximate surface area is 122 Å². The molecule has 0 spiro atoms. The molecule has 0 saturated carbocycles. The molecular weight excluding hydrogens is 354 g/mol. The molecule has 1 saturated heterocycles. The Morgan fingerprint density at radius 1 is 0.826 bits per heavy atom. The zero-order valence-electron chi connectivity index (χ0n) is 11.1. The van der Waals surface area contributed by atoms with Crippen LogP contribution in [0.4, 0.5) is 43.9 Å². The van der Waals surface area contributed by atoms with Crippen molar-refractivity contribution in [3.63, 3.8) is 0 Å². The largest absolute Gasteiger partial charge is 0.429 e. The Hall–Kier alpha value is -0.820. The molecule has 1 fully saturated rings. The van der Waals surface area contributed by atoms with E-state index in [-0.39, 0.29) is 0 Å².